The molecule has 1 aromatic heterocycles. The lowest BCUT2D eigenvalue weighted by molar-refractivity contribution is 0.128. The van der Waals surface area contributed by atoms with Gasteiger partial charge in [-0.25, -0.2) is 9.97 Å². The second-order valence-electron chi connectivity index (χ2n) is 5.23. The second-order valence-corrected chi connectivity index (χ2v) is 5.23. The number of aromatic nitrogens is 2. The molecule has 5 heteroatoms. The van der Waals surface area contributed by atoms with E-state index < -0.39 is 0 Å². The van der Waals surface area contributed by atoms with Crippen LogP contribution in [0.5, 0.6) is 0 Å². The van der Waals surface area contributed by atoms with Gasteiger partial charge in [-0.1, -0.05) is 6.92 Å². The Morgan fingerprint density at radius 1 is 1.37 bits per heavy atom. The molecule has 0 bridgehead atoms. The zero-order chi connectivity index (χ0) is 13.7. The molecule has 2 heterocycles. The molecule has 1 fully saturated rings. The maximum absolute atomic E-state index is 5.87. The predicted molar refractivity (Wildman–Crippen MR) is 77.0 cm³/mol. The first-order chi connectivity index (χ1) is 9.19. The monoisotopic (exact) mass is 264 g/mol. The Hall–Kier alpha value is -1.36. The standard InChI is InChI=1S/C14H24N4O/c1-3-19-10-13-16-12(15)9-14(17-13)18-7-4-5-11(2)6-8-18/h9,11H,3-8,10H2,1-2H3,(H2,15,16,17). The number of rotatable bonds is 4. The molecule has 1 aliphatic rings. The van der Waals surface area contributed by atoms with Gasteiger partial charge in [-0.05, 0) is 32.1 Å². The molecule has 1 saturated heterocycles. The molecule has 1 aromatic rings. The molecule has 106 valence electrons. The number of nitrogens with two attached hydrogens (primary N) is 1. The Balaban J connectivity index is 2.11. The zero-order valence-electron chi connectivity index (χ0n) is 11.9. The fourth-order valence-corrected chi connectivity index (χ4v) is 2.42. The van der Waals surface area contributed by atoms with Crippen LogP contribution in [0.4, 0.5) is 11.6 Å². The molecule has 2 rings (SSSR count). The Labute approximate surface area is 115 Å². The van der Waals surface area contributed by atoms with E-state index in [0.717, 1.165) is 24.8 Å². The van der Waals surface area contributed by atoms with Crippen LogP contribution in [0, 0.1) is 5.92 Å². The van der Waals surface area contributed by atoms with Gasteiger partial charge >= 0.3 is 0 Å². The van der Waals surface area contributed by atoms with Crippen molar-refractivity contribution in [2.75, 3.05) is 30.3 Å². The topological polar surface area (TPSA) is 64.3 Å². The minimum atomic E-state index is 0.429. The summed E-state index contributed by atoms with van der Waals surface area (Å²) >= 11 is 0. The number of ether oxygens (including phenoxy) is 1. The van der Waals surface area contributed by atoms with E-state index >= 15 is 0 Å². The summed E-state index contributed by atoms with van der Waals surface area (Å²) in [6.45, 7) is 7.47. The van der Waals surface area contributed by atoms with Gasteiger partial charge in [-0.3, -0.25) is 0 Å². The van der Waals surface area contributed by atoms with E-state index in [1.807, 2.05) is 13.0 Å². The fraction of sp³-hybridized carbons (Fsp3) is 0.714. The second kappa shape index (κ2) is 6.70. The maximum atomic E-state index is 5.87. The normalized spacial score (nSPS) is 20.3. The van der Waals surface area contributed by atoms with Gasteiger partial charge in [0.15, 0.2) is 5.82 Å². The molecule has 0 amide bonds. The van der Waals surface area contributed by atoms with Crippen LogP contribution in [0.25, 0.3) is 0 Å². The van der Waals surface area contributed by atoms with Crippen molar-refractivity contribution in [2.45, 2.75) is 39.7 Å². The number of nitrogen functional groups attached to an aromatic ring is 1. The largest absolute Gasteiger partial charge is 0.384 e. The van der Waals surface area contributed by atoms with Crippen molar-refractivity contribution in [3.8, 4) is 0 Å². The molecule has 1 unspecified atom stereocenters. The molecule has 0 spiro atoms. The van der Waals surface area contributed by atoms with Crippen LogP contribution < -0.4 is 10.6 Å². The average Bonchev–Trinajstić information content (AvgIpc) is 2.60. The van der Waals surface area contributed by atoms with E-state index in [-0.39, 0.29) is 0 Å². The van der Waals surface area contributed by atoms with Crippen molar-refractivity contribution in [3.05, 3.63) is 11.9 Å². The van der Waals surface area contributed by atoms with Crippen LogP contribution in [0.1, 0.15) is 38.9 Å². The van der Waals surface area contributed by atoms with Gasteiger partial charge in [-0.15, -0.1) is 0 Å². The molecule has 19 heavy (non-hydrogen) atoms. The quantitative estimate of drug-likeness (QED) is 0.903. The van der Waals surface area contributed by atoms with Crippen molar-refractivity contribution < 1.29 is 4.74 Å². The van der Waals surface area contributed by atoms with Crippen LogP contribution in [-0.2, 0) is 11.3 Å². The van der Waals surface area contributed by atoms with Crippen LogP contribution in [0.3, 0.4) is 0 Å². The molecule has 2 N–H and O–H groups in total. The van der Waals surface area contributed by atoms with E-state index in [9.17, 15) is 0 Å². The first-order valence-corrected chi connectivity index (χ1v) is 7.15. The summed E-state index contributed by atoms with van der Waals surface area (Å²) in [4.78, 5) is 11.1. The Morgan fingerprint density at radius 3 is 3.00 bits per heavy atom. The summed E-state index contributed by atoms with van der Waals surface area (Å²) in [6.07, 6.45) is 3.72. The van der Waals surface area contributed by atoms with E-state index in [1.54, 1.807) is 0 Å². The summed E-state index contributed by atoms with van der Waals surface area (Å²) in [6, 6.07) is 1.87. The lowest BCUT2D eigenvalue weighted by Gasteiger charge is -2.22. The highest BCUT2D eigenvalue weighted by atomic mass is 16.5. The van der Waals surface area contributed by atoms with Gasteiger partial charge in [0.2, 0.25) is 0 Å². The van der Waals surface area contributed by atoms with Crippen molar-refractivity contribution in [1.29, 1.82) is 0 Å². The number of hydrogen-bond acceptors (Lipinski definition) is 5. The first-order valence-electron chi connectivity index (χ1n) is 7.15. The van der Waals surface area contributed by atoms with Gasteiger partial charge in [0.05, 0.1) is 0 Å². The summed E-state index contributed by atoms with van der Waals surface area (Å²) in [7, 11) is 0. The molecule has 0 radical (unpaired) electrons. The van der Waals surface area contributed by atoms with Crippen LogP contribution in [0.2, 0.25) is 0 Å². The number of hydrogen-bond donors (Lipinski definition) is 1. The molecule has 0 aliphatic carbocycles. The Morgan fingerprint density at radius 2 is 2.21 bits per heavy atom. The van der Waals surface area contributed by atoms with Crippen LogP contribution in [0.15, 0.2) is 6.07 Å². The molecular formula is C14H24N4O. The Bertz CT molecular complexity index is 410. The van der Waals surface area contributed by atoms with Gasteiger partial charge in [-0.2, -0.15) is 0 Å². The van der Waals surface area contributed by atoms with E-state index in [1.165, 1.54) is 19.3 Å². The molecule has 1 atom stereocenters. The fourth-order valence-electron chi connectivity index (χ4n) is 2.42. The van der Waals surface area contributed by atoms with Crippen molar-refractivity contribution in [3.63, 3.8) is 0 Å². The van der Waals surface area contributed by atoms with Gasteiger partial charge < -0.3 is 15.4 Å². The molecule has 1 aliphatic heterocycles. The highest BCUT2D eigenvalue weighted by molar-refractivity contribution is 5.47. The highest BCUT2D eigenvalue weighted by Gasteiger charge is 2.16. The summed E-state index contributed by atoms with van der Waals surface area (Å²) in [5.41, 5.74) is 5.87. The molecular weight excluding hydrogens is 240 g/mol. The van der Waals surface area contributed by atoms with E-state index in [4.69, 9.17) is 10.5 Å². The third-order valence-corrected chi connectivity index (χ3v) is 3.55. The smallest absolute Gasteiger partial charge is 0.158 e. The van der Waals surface area contributed by atoms with Crippen molar-refractivity contribution in [2.24, 2.45) is 5.92 Å². The highest BCUT2D eigenvalue weighted by Crippen LogP contribution is 2.22. The first kappa shape index (κ1) is 14.1. The third kappa shape index (κ3) is 4.06. The lowest BCUT2D eigenvalue weighted by Crippen LogP contribution is -2.26. The van der Waals surface area contributed by atoms with E-state index in [2.05, 4.69) is 21.8 Å². The minimum Gasteiger partial charge on any atom is -0.384 e. The predicted octanol–water partition coefficient (Wildman–Crippen LogP) is 2.22. The van der Waals surface area contributed by atoms with Gasteiger partial charge in [0.1, 0.15) is 18.2 Å². The lowest BCUT2D eigenvalue weighted by atomic mass is 10.0. The zero-order valence-corrected chi connectivity index (χ0v) is 11.9. The molecule has 0 aromatic carbocycles. The number of nitrogens with zero attached hydrogens (tertiary/aromatic N) is 3. The van der Waals surface area contributed by atoms with Gasteiger partial charge in [0.25, 0.3) is 0 Å². The van der Waals surface area contributed by atoms with Crippen LogP contribution in [-0.4, -0.2) is 29.7 Å². The summed E-state index contributed by atoms with van der Waals surface area (Å²) in [5, 5.41) is 0. The van der Waals surface area contributed by atoms with Gasteiger partial charge in [0, 0.05) is 25.8 Å². The minimum absolute atomic E-state index is 0.429. The van der Waals surface area contributed by atoms with Crippen molar-refractivity contribution >= 4 is 11.6 Å². The van der Waals surface area contributed by atoms with Crippen molar-refractivity contribution in [1.82, 2.24) is 9.97 Å². The summed E-state index contributed by atoms with van der Waals surface area (Å²) < 4.78 is 5.36. The SMILES string of the molecule is CCOCc1nc(N)cc(N2CCCC(C)CC2)n1. The average molecular weight is 264 g/mol. The summed E-state index contributed by atoms with van der Waals surface area (Å²) in [5.74, 6) is 2.94. The molecule has 5 nitrogen and oxygen atoms in total. The van der Waals surface area contributed by atoms with E-state index in [0.29, 0.717) is 24.9 Å². The third-order valence-electron chi connectivity index (χ3n) is 3.55. The Kier molecular flexibility index (Phi) is 4.96. The number of anilines is 2. The maximum Gasteiger partial charge on any atom is 0.158 e. The van der Waals surface area contributed by atoms with Crippen LogP contribution >= 0.6 is 0 Å². The molecule has 0 saturated carbocycles.